The highest BCUT2D eigenvalue weighted by atomic mass is 35.5. The Morgan fingerprint density at radius 1 is 1.17 bits per heavy atom. The second kappa shape index (κ2) is 6.88. The smallest absolute Gasteiger partial charge is 0.135 e. The van der Waals surface area contributed by atoms with Crippen LogP contribution in [0.5, 0.6) is 0 Å². The van der Waals surface area contributed by atoms with Gasteiger partial charge in [0.05, 0.1) is 35.6 Å². The van der Waals surface area contributed by atoms with E-state index in [4.69, 9.17) is 16.3 Å². The Bertz CT molecular complexity index is 1290. The number of hydrogen-bond acceptors (Lipinski definition) is 5. The zero-order chi connectivity index (χ0) is 20.0. The van der Waals surface area contributed by atoms with Crippen LogP contribution in [0.15, 0.2) is 36.8 Å². The Hall–Kier alpha value is -3.41. The molecule has 0 amide bonds. The largest absolute Gasteiger partial charge is 0.378 e. The second-order valence-corrected chi connectivity index (χ2v) is 7.07. The summed E-state index contributed by atoms with van der Waals surface area (Å²) in [5.74, 6) is 6.34. The summed E-state index contributed by atoms with van der Waals surface area (Å²) >= 11 is 6.28. The van der Waals surface area contributed by atoms with E-state index in [0.29, 0.717) is 23.7 Å². The number of benzene rings is 1. The molecule has 0 fully saturated rings. The van der Waals surface area contributed by atoms with Crippen molar-refractivity contribution in [2.45, 2.75) is 13.0 Å². The fraction of sp³-hybridized carbons (Fsp3) is 0.200. The van der Waals surface area contributed by atoms with E-state index in [0.717, 1.165) is 34.2 Å². The summed E-state index contributed by atoms with van der Waals surface area (Å²) in [6.07, 6.45) is 4.07. The molecule has 0 spiro atoms. The molecule has 0 bridgehead atoms. The molecule has 1 aromatic carbocycles. The lowest BCUT2D eigenvalue weighted by molar-refractivity contribution is 0.180. The zero-order valence-electron chi connectivity index (χ0n) is 15.8. The summed E-state index contributed by atoms with van der Waals surface area (Å²) in [5, 5.41) is 13.4. The molecule has 0 atom stereocenters. The fourth-order valence-electron chi connectivity index (χ4n) is 3.46. The van der Waals surface area contributed by atoms with Gasteiger partial charge >= 0.3 is 0 Å². The van der Waals surface area contributed by atoms with Crippen molar-refractivity contribution in [3.05, 3.63) is 70.3 Å². The molecule has 9 heteroatoms. The monoisotopic (exact) mass is 405 g/mol. The van der Waals surface area contributed by atoms with Crippen LogP contribution in [0.4, 0.5) is 0 Å². The van der Waals surface area contributed by atoms with Crippen LogP contribution >= 0.6 is 11.6 Å². The summed E-state index contributed by atoms with van der Waals surface area (Å²) in [5.41, 5.74) is 5.94. The molecule has 1 aliphatic rings. The lowest BCUT2D eigenvalue weighted by Gasteiger charge is -2.09. The van der Waals surface area contributed by atoms with Gasteiger partial charge in [-0.2, -0.15) is 5.10 Å². The zero-order valence-corrected chi connectivity index (χ0v) is 16.6. The SMILES string of the molecule is COCc1nnn2c1Cc1c(C#Cc3ccnn3C)ncn1-c1ccc(Cl)cc1-2. The number of rotatable bonds is 2. The third kappa shape index (κ3) is 2.92. The van der Waals surface area contributed by atoms with E-state index >= 15 is 0 Å². The number of imidazole rings is 1. The quantitative estimate of drug-likeness (QED) is 0.421. The first-order valence-corrected chi connectivity index (χ1v) is 9.32. The predicted molar refractivity (Wildman–Crippen MR) is 106 cm³/mol. The van der Waals surface area contributed by atoms with Gasteiger partial charge in [0.25, 0.3) is 0 Å². The van der Waals surface area contributed by atoms with Crippen LogP contribution in [0.2, 0.25) is 5.02 Å². The lowest BCUT2D eigenvalue weighted by atomic mass is 10.1. The normalized spacial score (nSPS) is 11.8. The highest BCUT2D eigenvalue weighted by Gasteiger charge is 2.25. The summed E-state index contributed by atoms with van der Waals surface area (Å²) in [4.78, 5) is 4.57. The Labute approximate surface area is 171 Å². The van der Waals surface area contributed by atoms with Crippen molar-refractivity contribution in [2.24, 2.45) is 7.05 Å². The number of fused-ring (bicyclic) bond motifs is 5. The van der Waals surface area contributed by atoms with Gasteiger partial charge in [-0.25, -0.2) is 9.67 Å². The first-order valence-electron chi connectivity index (χ1n) is 8.94. The van der Waals surface area contributed by atoms with Gasteiger partial charge in [-0.15, -0.1) is 5.10 Å². The molecule has 4 aromatic rings. The second-order valence-electron chi connectivity index (χ2n) is 6.64. The standard InChI is InChI=1S/C20H16ClN7O/c1-26-14(7-8-23-26)4-5-15-18-10-19-16(11-29-2)24-25-28(19)20-9-13(21)3-6-17(20)27(18)12-22-15/h3,6-9,12H,10-11H2,1-2H3. The molecule has 0 saturated heterocycles. The van der Waals surface area contributed by atoms with Crippen LogP contribution in [0.25, 0.3) is 11.4 Å². The van der Waals surface area contributed by atoms with Gasteiger partial charge in [0, 0.05) is 25.6 Å². The molecule has 0 aliphatic carbocycles. The number of hydrogen-bond donors (Lipinski definition) is 0. The van der Waals surface area contributed by atoms with Gasteiger partial charge in [0.1, 0.15) is 23.4 Å². The minimum Gasteiger partial charge on any atom is -0.378 e. The Balaban J connectivity index is 1.71. The first-order chi connectivity index (χ1) is 14.2. The highest BCUT2D eigenvalue weighted by molar-refractivity contribution is 6.30. The average Bonchev–Trinajstić information content (AvgIpc) is 3.39. The van der Waals surface area contributed by atoms with Crippen LogP contribution in [0.1, 0.15) is 28.5 Å². The summed E-state index contributed by atoms with van der Waals surface area (Å²) < 4.78 is 10.9. The van der Waals surface area contributed by atoms with E-state index < -0.39 is 0 Å². The number of aryl methyl sites for hydroxylation is 1. The molecule has 8 nitrogen and oxygen atoms in total. The number of aromatic nitrogens is 7. The van der Waals surface area contributed by atoms with Gasteiger partial charge in [-0.1, -0.05) is 16.8 Å². The number of methoxy groups -OCH3 is 1. The van der Waals surface area contributed by atoms with E-state index in [1.165, 1.54) is 0 Å². The van der Waals surface area contributed by atoms with Crippen LogP contribution < -0.4 is 0 Å². The maximum absolute atomic E-state index is 6.28. The third-order valence-corrected chi connectivity index (χ3v) is 5.12. The molecule has 0 N–H and O–H groups in total. The first kappa shape index (κ1) is 17.7. The lowest BCUT2D eigenvalue weighted by Crippen LogP contribution is -2.04. The van der Waals surface area contributed by atoms with Gasteiger partial charge in [-0.3, -0.25) is 9.25 Å². The Morgan fingerprint density at radius 3 is 2.86 bits per heavy atom. The van der Waals surface area contributed by atoms with E-state index in [1.807, 2.05) is 40.6 Å². The van der Waals surface area contributed by atoms with Crippen LogP contribution in [-0.2, 0) is 24.8 Å². The van der Waals surface area contributed by atoms with Gasteiger partial charge in [-0.05, 0) is 36.1 Å². The topological polar surface area (TPSA) is 75.6 Å². The van der Waals surface area contributed by atoms with Crippen LogP contribution in [0, 0.1) is 11.8 Å². The maximum atomic E-state index is 6.28. The van der Waals surface area contributed by atoms with Crippen LogP contribution in [-0.4, -0.2) is 41.4 Å². The van der Waals surface area contributed by atoms with E-state index in [-0.39, 0.29) is 0 Å². The highest BCUT2D eigenvalue weighted by Crippen LogP contribution is 2.31. The average molecular weight is 406 g/mol. The molecule has 0 radical (unpaired) electrons. The van der Waals surface area contributed by atoms with Gasteiger partial charge in [0.2, 0.25) is 0 Å². The van der Waals surface area contributed by atoms with Crippen molar-refractivity contribution in [3.8, 4) is 23.2 Å². The molecule has 1 aliphatic heterocycles. The van der Waals surface area contributed by atoms with Crippen molar-refractivity contribution in [2.75, 3.05) is 7.11 Å². The minimum absolute atomic E-state index is 0.370. The number of nitrogens with zero attached hydrogens (tertiary/aromatic N) is 7. The molecule has 3 aromatic heterocycles. The molecule has 29 heavy (non-hydrogen) atoms. The summed E-state index contributed by atoms with van der Waals surface area (Å²) in [6, 6.07) is 7.55. The van der Waals surface area contributed by atoms with Crippen molar-refractivity contribution < 1.29 is 4.74 Å². The Kier molecular flexibility index (Phi) is 4.19. The molecule has 4 heterocycles. The van der Waals surface area contributed by atoms with Gasteiger partial charge in [0.15, 0.2) is 0 Å². The molecule has 0 unspecified atom stereocenters. The molecular formula is C20H16ClN7O. The van der Waals surface area contributed by atoms with Crippen molar-refractivity contribution in [1.29, 1.82) is 0 Å². The van der Waals surface area contributed by atoms with E-state index in [1.54, 1.807) is 24.3 Å². The summed E-state index contributed by atoms with van der Waals surface area (Å²) in [7, 11) is 3.50. The van der Waals surface area contributed by atoms with E-state index in [2.05, 4.69) is 32.2 Å². The predicted octanol–water partition coefficient (Wildman–Crippen LogP) is 2.29. The van der Waals surface area contributed by atoms with Crippen molar-refractivity contribution >= 4 is 11.6 Å². The Morgan fingerprint density at radius 2 is 2.07 bits per heavy atom. The van der Waals surface area contributed by atoms with Crippen molar-refractivity contribution in [1.82, 2.24) is 34.3 Å². The molecule has 144 valence electrons. The molecule has 0 saturated carbocycles. The van der Waals surface area contributed by atoms with Gasteiger partial charge < -0.3 is 4.74 Å². The number of ether oxygens (including phenoxy) is 1. The summed E-state index contributed by atoms with van der Waals surface area (Å²) in [6.45, 7) is 0.370. The molecule has 5 rings (SSSR count). The fourth-order valence-corrected chi connectivity index (χ4v) is 3.62. The minimum atomic E-state index is 0.370. The van der Waals surface area contributed by atoms with E-state index in [9.17, 15) is 0 Å². The third-order valence-electron chi connectivity index (χ3n) is 4.88. The number of halogens is 1. The van der Waals surface area contributed by atoms with Crippen molar-refractivity contribution in [3.63, 3.8) is 0 Å². The van der Waals surface area contributed by atoms with Crippen LogP contribution in [0.3, 0.4) is 0 Å². The maximum Gasteiger partial charge on any atom is 0.135 e. The molecular weight excluding hydrogens is 390 g/mol.